The van der Waals surface area contributed by atoms with Crippen LogP contribution in [0.4, 0.5) is 0 Å². The molecule has 0 bridgehead atoms. The summed E-state index contributed by atoms with van der Waals surface area (Å²) in [6.07, 6.45) is 0. The second-order valence-corrected chi connectivity index (χ2v) is 7.52. The summed E-state index contributed by atoms with van der Waals surface area (Å²) in [4.78, 5) is -0.827. The van der Waals surface area contributed by atoms with Gasteiger partial charge in [-0.1, -0.05) is 24.3 Å². The van der Waals surface area contributed by atoms with E-state index in [-0.39, 0.29) is 21.8 Å². The van der Waals surface area contributed by atoms with Crippen molar-refractivity contribution in [1.29, 1.82) is 0 Å². The second-order valence-electron chi connectivity index (χ2n) is 4.77. The molecule has 0 unspecified atom stereocenters. The monoisotopic (exact) mass is 358 g/mol. The van der Waals surface area contributed by atoms with Gasteiger partial charge >= 0.3 is 0 Å². The lowest BCUT2D eigenvalue weighted by atomic mass is 10.0. The van der Waals surface area contributed by atoms with Crippen molar-refractivity contribution in [3.8, 4) is 16.9 Å². The van der Waals surface area contributed by atoms with E-state index in [4.69, 9.17) is 4.74 Å². The third kappa shape index (κ3) is 3.53. The van der Waals surface area contributed by atoms with Crippen molar-refractivity contribution in [1.82, 2.24) is 0 Å². The van der Waals surface area contributed by atoms with Gasteiger partial charge in [-0.25, -0.2) is 0 Å². The molecular formula is C14H14O7S2. The first kappa shape index (κ1) is 17.4. The Balaban J connectivity index is 2.83. The highest BCUT2D eigenvalue weighted by Gasteiger charge is 2.22. The third-order valence-corrected chi connectivity index (χ3v) is 5.16. The summed E-state index contributed by atoms with van der Waals surface area (Å²) in [6.45, 7) is 1.50. The summed E-state index contributed by atoms with van der Waals surface area (Å²) in [5.41, 5.74) is 0.601. The van der Waals surface area contributed by atoms with Gasteiger partial charge in [0, 0.05) is 5.56 Å². The Bertz CT molecular complexity index is 961. The lowest BCUT2D eigenvalue weighted by Crippen LogP contribution is -2.05. The molecule has 0 spiro atoms. The normalized spacial score (nSPS) is 12.2. The summed E-state index contributed by atoms with van der Waals surface area (Å²) < 4.78 is 69.7. The fraction of sp³-hybridized carbons (Fsp3) is 0.143. The van der Waals surface area contributed by atoms with Gasteiger partial charge in [0.25, 0.3) is 20.2 Å². The van der Waals surface area contributed by atoms with Gasteiger partial charge in [0.15, 0.2) is 0 Å². The van der Waals surface area contributed by atoms with Crippen molar-refractivity contribution in [3.05, 3.63) is 42.0 Å². The maximum absolute atomic E-state index is 11.6. The van der Waals surface area contributed by atoms with E-state index < -0.39 is 25.1 Å². The molecule has 0 heterocycles. The van der Waals surface area contributed by atoms with Crippen LogP contribution < -0.4 is 4.74 Å². The molecular weight excluding hydrogens is 344 g/mol. The first-order valence-corrected chi connectivity index (χ1v) is 9.16. The quantitative estimate of drug-likeness (QED) is 0.804. The van der Waals surface area contributed by atoms with Crippen LogP contribution in [0.15, 0.2) is 46.2 Å². The SMILES string of the molecule is COc1ccc(-c2cccc(C)c2S(=O)(=O)O)cc1S(=O)(=O)O. The van der Waals surface area contributed by atoms with Gasteiger partial charge in [0.2, 0.25) is 0 Å². The Hall–Kier alpha value is -1.94. The average Bonchev–Trinajstić information content (AvgIpc) is 2.44. The predicted octanol–water partition coefficient (Wildman–Crippen LogP) is 2.16. The molecule has 0 aliphatic heterocycles. The zero-order chi connectivity index (χ0) is 17.4. The van der Waals surface area contributed by atoms with Gasteiger partial charge in [-0.3, -0.25) is 9.11 Å². The highest BCUT2D eigenvalue weighted by atomic mass is 32.2. The predicted molar refractivity (Wildman–Crippen MR) is 82.8 cm³/mol. The smallest absolute Gasteiger partial charge is 0.298 e. The van der Waals surface area contributed by atoms with Crippen molar-refractivity contribution in [2.24, 2.45) is 0 Å². The van der Waals surface area contributed by atoms with E-state index in [1.54, 1.807) is 6.07 Å². The topological polar surface area (TPSA) is 118 Å². The van der Waals surface area contributed by atoms with Gasteiger partial charge in [0.1, 0.15) is 15.5 Å². The summed E-state index contributed by atoms with van der Waals surface area (Å²) in [6, 6.07) is 8.28. The van der Waals surface area contributed by atoms with E-state index in [0.717, 1.165) is 6.07 Å². The van der Waals surface area contributed by atoms with E-state index in [9.17, 15) is 25.9 Å². The largest absolute Gasteiger partial charge is 0.495 e. The standard InChI is InChI=1S/C14H14O7S2/c1-9-4-3-5-11(14(9)23(18,19)20)10-6-7-12(21-2)13(8-10)22(15,16)17/h3-8H,1-2H3,(H,15,16,17)(H,18,19,20). The average molecular weight is 358 g/mol. The molecule has 0 saturated heterocycles. The summed E-state index contributed by atoms with van der Waals surface area (Å²) >= 11 is 0. The van der Waals surface area contributed by atoms with Crippen LogP contribution in [0.2, 0.25) is 0 Å². The van der Waals surface area contributed by atoms with Crippen LogP contribution in [0.3, 0.4) is 0 Å². The zero-order valence-electron chi connectivity index (χ0n) is 12.2. The number of aryl methyl sites for hydroxylation is 1. The first-order chi connectivity index (χ1) is 10.6. The molecule has 0 aliphatic carbocycles. The first-order valence-electron chi connectivity index (χ1n) is 6.28. The zero-order valence-corrected chi connectivity index (χ0v) is 13.8. The van der Waals surface area contributed by atoms with Crippen LogP contribution in [0.5, 0.6) is 5.75 Å². The lowest BCUT2D eigenvalue weighted by molar-refractivity contribution is 0.397. The van der Waals surface area contributed by atoms with Crippen molar-refractivity contribution in [2.45, 2.75) is 16.7 Å². The van der Waals surface area contributed by atoms with Crippen molar-refractivity contribution < 1.29 is 30.7 Å². The van der Waals surface area contributed by atoms with E-state index in [1.165, 1.54) is 38.3 Å². The van der Waals surface area contributed by atoms with Gasteiger partial charge in [0.05, 0.1) is 7.11 Å². The molecule has 9 heteroatoms. The van der Waals surface area contributed by atoms with Gasteiger partial charge in [-0.2, -0.15) is 16.8 Å². The summed E-state index contributed by atoms with van der Waals surface area (Å²) in [5.74, 6) is -0.0858. The van der Waals surface area contributed by atoms with Crippen LogP contribution in [0.25, 0.3) is 11.1 Å². The minimum absolute atomic E-state index is 0.0858. The number of hydrogen-bond acceptors (Lipinski definition) is 5. The molecule has 124 valence electrons. The fourth-order valence-electron chi connectivity index (χ4n) is 2.27. The molecule has 0 saturated carbocycles. The molecule has 2 aromatic rings. The Morgan fingerprint density at radius 3 is 2.13 bits per heavy atom. The van der Waals surface area contributed by atoms with Gasteiger partial charge in [-0.05, 0) is 30.2 Å². The number of rotatable bonds is 4. The molecule has 0 atom stereocenters. The molecule has 2 N–H and O–H groups in total. The maximum atomic E-state index is 11.6. The summed E-state index contributed by atoms with van der Waals surface area (Å²) in [5, 5.41) is 0. The Morgan fingerprint density at radius 1 is 0.957 bits per heavy atom. The fourth-order valence-corrected chi connectivity index (χ4v) is 3.89. The van der Waals surface area contributed by atoms with Crippen LogP contribution in [-0.4, -0.2) is 33.1 Å². The second kappa shape index (κ2) is 5.93. The Morgan fingerprint density at radius 2 is 1.61 bits per heavy atom. The minimum Gasteiger partial charge on any atom is -0.495 e. The Kier molecular flexibility index (Phi) is 4.49. The third-order valence-electron chi connectivity index (χ3n) is 3.22. The van der Waals surface area contributed by atoms with E-state index in [1.807, 2.05) is 0 Å². The van der Waals surface area contributed by atoms with Crippen LogP contribution >= 0.6 is 0 Å². The molecule has 0 amide bonds. The number of ether oxygens (including phenoxy) is 1. The highest BCUT2D eigenvalue weighted by Crippen LogP contribution is 2.34. The van der Waals surface area contributed by atoms with Crippen molar-refractivity contribution in [2.75, 3.05) is 7.11 Å². The lowest BCUT2D eigenvalue weighted by Gasteiger charge is -2.12. The molecule has 2 aromatic carbocycles. The maximum Gasteiger partial charge on any atom is 0.298 e. The summed E-state index contributed by atoms with van der Waals surface area (Å²) in [7, 11) is -7.85. The number of methoxy groups -OCH3 is 1. The van der Waals surface area contributed by atoms with E-state index in [0.29, 0.717) is 5.56 Å². The van der Waals surface area contributed by atoms with Crippen LogP contribution in [-0.2, 0) is 20.2 Å². The van der Waals surface area contributed by atoms with E-state index in [2.05, 4.69) is 0 Å². The van der Waals surface area contributed by atoms with Crippen LogP contribution in [0, 0.1) is 6.92 Å². The Labute approximate surface area is 134 Å². The van der Waals surface area contributed by atoms with Crippen molar-refractivity contribution >= 4 is 20.2 Å². The highest BCUT2D eigenvalue weighted by molar-refractivity contribution is 7.86. The van der Waals surface area contributed by atoms with Crippen LogP contribution in [0.1, 0.15) is 5.56 Å². The number of benzene rings is 2. The van der Waals surface area contributed by atoms with Crippen molar-refractivity contribution in [3.63, 3.8) is 0 Å². The molecule has 23 heavy (non-hydrogen) atoms. The minimum atomic E-state index is -4.57. The number of hydrogen-bond donors (Lipinski definition) is 2. The molecule has 0 radical (unpaired) electrons. The van der Waals surface area contributed by atoms with Gasteiger partial charge in [-0.15, -0.1) is 0 Å². The molecule has 7 nitrogen and oxygen atoms in total. The molecule has 2 rings (SSSR count). The molecule has 0 aliphatic rings. The molecule has 0 aromatic heterocycles. The van der Waals surface area contributed by atoms with E-state index >= 15 is 0 Å². The van der Waals surface area contributed by atoms with Gasteiger partial charge < -0.3 is 4.74 Å². The molecule has 0 fully saturated rings.